The van der Waals surface area contributed by atoms with Crippen LogP contribution in [-0.2, 0) is 14.1 Å². The molecule has 0 saturated carbocycles. The van der Waals surface area contributed by atoms with Gasteiger partial charge in [0.25, 0.3) is 0 Å². The van der Waals surface area contributed by atoms with E-state index in [1.165, 1.54) is 4.89 Å². The first-order valence-electron chi connectivity index (χ1n) is 3.78. The lowest BCUT2D eigenvalue weighted by molar-refractivity contribution is -0.308. The number of nitrogens with zero attached hydrogens (tertiary/aromatic N) is 1. The smallest absolute Gasteiger partial charge is 0.400 e. The van der Waals surface area contributed by atoms with E-state index in [4.69, 9.17) is 14.1 Å². The molecule has 0 aliphatic heterocycles. The summed E-state index contributed by atoms with van der Waals surface area (Å²) in [6.07, 6.45) is 0. The van der Waals surface area contributed by atoms with Gasteiger partial charge in [0.1, 0.15) is 0 Å². The first-order valence-corrected chi connectivity index (χ1v) is 4.64. The molecule has 66 valence electrons. The Kier molecular flexibility index (Phi) is 8.20. The van der Waals surface area contributed by atoms with Crippen LogP contribution in [0.25, 0.3) is 0 Å². The second kappa shape index (κ2) is 8.16. The third-order valence-corrected chi connectivity index (χ3v) is 1.60. The summed E-state index contributed by atoms with van der Waals surface area (Å²) in [6.45, 7) is 7.61. The van der Waals surface area contributed by atoms with Crippen LogP contribution in [0.4, 0.5) is 0 Å². The van der Waals surface area contributed by atoms with Crippen molar-refractivity contribution in [2.24, 2.45) is 0 Å². The van der Waals surface area contributed by atoms with Gasteiger partial charge in [-0.2, -0.15) is 0 Å². The highest BCUT2D eigenvalue weighted by Crippen LogP contribution is 1.89. The molecule has 0 fully saturated rings. The Balaban J connectivity index is 3.34. The lowest BCUT2D eigenvalue weighted by Gasteiger charge is -2.16. The van der Waals surface area contributed by atoms with Crippen LogP contribution >= 0.6 is 0 Å². The molecule has 11 heavy (non-hydrogen) atoms. The maximum Gasteiger partial charge on any atom is 0.407 e. The first-order chi connectivity index (χ1) is 5.35. The van der Waals surface area contributed by atoms with Gasteiger partial charge < -0.3 is 4.43 Å². The van der Waals surface area contributed by atoms with E-state index < -0.39 is 0 Å². The molecule has 0 saturated heterocycles. The zero-order valence-electron chi connectivity index (χ0n) is 7.29. The molecule has 2 radical (unpaired) electrons. The van der Waals surface area contributed by atoms with Gasteiger partial charge in [-0.1, -0.05) is 4.89 Å². The highest BCUT2D eigenvalue weighted by molar-refractivity contribution is 6.21. The predicted octanol–water partition coefficient (Wildman–Crippen LogP) is 0.762. The standard InChI is InChI=1S/C6H15NO3Si/c1-4-8-7(9-5-2)11-10-6-3/h4-6H2,1-3H3. The Morgan fingerprint density at radius 1 is 1.00 bits per heavy atom. The highest BCUT2D eigenvalue weighted by Gasteiger charge is 2.06. The summed E-state index contributed by atoms with van der Waals surface area (Å²) in [6, 6.07) is 0. The van der Waals surface area contributed by atoms with Crippen LogP contribution in [-0.4, -0.2) is 34.6 Å². The van der Waals surface area contributed by atoms with E-state index >= 15 is 0 Å². The lowest BCUT2D eigenvalue weighted by Crippen LogP contribution is -2.30. The zero-order valence-corrected chi connectivity index (χ0v) is 8.29. The van der Waals surface area contributed by atoms with Crippen LogP contribution in [0, 0.1) is 0 Å². The summed E-state index contributed by atoms with van der Waals surface area (Å²) >= 11 is 0. The van der Waals surface area contributed by atoms with E-state index in [9.17, 15) is 0 Å². The van der Waals surface area contributed by atoms with E-state index in [1.54, 1.807) is 0 Å². The van der Waals surface area contributed by atoms with Crippen molar-refractivity contribution < 1.29 is 14.1 Å². The Morgan fingerprint density at radius 2 is 1.55 bits per heavy atom. The molecule has 0 N–H and O–H groups in total. The molecule has 0 aromatic carbocycles. The van der Waals surface area contributed by atoms with Crippen LogP contribution in [0.3, 0.4) is 0 Å². The second-order valence-corrected chi connectivity index (χ2v) is 2.45. The Labute approximate surface area is 70.4 Å². The van der Waals surface area contributed by atoms with Gasteiger partial charge in [0, 0.05) is 6.61 Å². The van der Waals surface area contributed by atoms with Gasteiger partial charge in [-0.15, -0.1) is 0 Å². The highest BCUT2D eigenvalue weighted by atomic mass is 28.2. The molecule has 5 heteroatoms. The van der Waals surface area contributed by atoms with Gasteiger partial charge in [0.2, 0.25) is 0 Å². The summed E-state index contributed by atoms with van der Waals surface area (Å²) < 4.78 is 5.10. The molecular weight excluding hydrogens is 162 g/mol. The fourth-order valence-corrected chi connectivity index (χ4v) is 1.04. The fraction of sp³-hybridized carbons (Fsp3) is 1.00. The van der Waals surface area contributed by atoms with Gasteiger partial charge >= 0.3 is 9.92 Å². The van der Waals surface area contributed by atoms with E-state index in [1.807, 2.05) is 20.8 Å². The van der Waals surface area contributed by atoms with Gasteiger partial charge in [0.05, 0.1) is 13.2 Å². The van der Waals surface area contributed by atoms with Crippen molar-refractivity contribution in [3.8, 4) is 0 Å². The third kappa shape index (κ3) is 6.45. The van der Waals surface area contributed by atoms with Crippen molar-refractivity contribution in [2.75, 3.05) is 19.8 Å². The van der Waals surface area contributed by atoms with Crippen molar-refractivity contribution in [3.63, 3.8) is 0 Å². The molecule has 0 aromatic rings. The summed E-state index contributed by atoms with van der Waals surface area (Å²) in [5.41, 5.74) is 0. The number of hydrogen-bond acceptors (Lipinski definition) is 4. The molecule has 0 heterocycles. The Hall–Kier alpha value is 0.0569. The quantitative estimate of drug-likeness (QED) is 0.424. The van der Waals surface area contributed by atoms with Crippen LogP contribution in [0.2, 0.25) is 0 Å². The monoisotopic (exact) mass is 177 g/mol. The van der Waals surface area contributed by atoms with Crippen molar-refractivity contribution in [2.45, 2.75) is 20.8 Å². The van der Waals surface area contributed by atoms with Crippen LogP contribution < -0.4 is 0 Å². The maximum absolute atomic E-state index is 5.10. The Bertz CT molecular complexity index is 78.2. The van der Waals surface area contributed by atoms with Crippen molar-refractivity contribution in [1.82, 2.24) is 4.89 Å². The minimum Gasteiger partial charge on any atom is -0.400 e. The largest absolute Gasteiger partial charge is 0.407 e. The Morgan fingerprint density at radius 3 is 1.91 bits per heavy atom. The average molecular weight is 177 g/mol. The summed E-state index contributed by atoms with van der Waals surface area (Å²) in [4.78, 5) is 11.5. The zero-order chi connectivity index (χ0) is 8.53. The van der Waals surface area contributed by atoms with Crippen molar-refractivity contribution >= 4 is 9.92 Å². The lowest BCUT2D eigenvalue weighted by atomic mass is 10.9. The van der Waals surface area contributed by atoms with E-state index in [0.29, 0.717) is 19.8 Å². The topological polar surface area (TPSA) is 30.9 Å². The molecule has 4 nitrogen and oxygen atoms in total. The molecule has 0 unspecified atom stereocenters. The minimum atomic E-state index is 0.126. The van der Waals surface area contributed by atoms with Crippen molar-refractivity contribution in [3.05, 3.63) is 0 Å². The number of rotatable bonds is 7. The van der Waals surface area contributed by atoms with Crippen LogP contribution in [0.15, 0.2) is 0 Å². The van der Waals surface area contributed by atoms with E-state index in [-0.39, 0.29) is 9.92 Å². The average Bonchev–Trinajstić information content (AvgIpc) is 2.01. The normalized spacial score (nSPS) is 10.9. The minimum absolute atomic E-state index is 0.126. The molecule has 0 aromatic heterocycles. The molecule has 0 bridgehead atoms. The summed E-state index contributed by atoms with van der Waals surface area (Å²) in [5.74, 6) is 0. The van der Waals surface area contributed by atoms with Crippen molar-refractivity contribution in [1.29, 1.82) is 0 Å². The predicted molar refractivity (Wildman–Crippen MR) is 42.5 cm³/mol. The van der Waals surface area contributed by atoms with Gasteiger partial charge in [-0.25, -0.2) is 0 Å². The molecular formula is C6H15NO3Si. The van der Waals surface area contributed by atoms with Crippen LogP contribution in [0.5, 0.6) is 0 Å². The SMILES string of the molecule is CCO[Si]N(OCC)OCC. The fourth-order valence-electron chi connectivity index (χ4n) is 0.442. The summed E-state index contributed by atoms with van der Waals surface area (Å²) in [5, 5.41) is 0. The summed E-state index contributed by atoms with van der Waals surface area (Å²) in [7, 11) is 0.126. The van der Waals surface area contributed by atoms with E-state index in [0.717, 1.165) is 0 Å². The van der Waals surface area contributed by atoms with Gasteiger partial charge in [-0.05, 0) is 20.8 Å². The number of hydrogen-bond donors (Lipinski definition) is 0. The molecule has 0 amide bonds. The second-order valence-electron chi connectivity index (χ2n) is 1.62. The van der Waals surface area contributed by atoms with Gasteiger partial charge in [-0.3, -0.25) is 9.68 Å². The first kappa shape index (κ1) is 11.1. The molecule has 0 atom stereocenters. The molecule has 0 aliphatic rings. The van der Waals surface area contributed by atoms with Crippen LogP contribution in [0.1, 0.15) is 20.8 Å². The van der Waals surface area contributed by atoms with E-state index in [2.05, 4.69) is 0 Å². The molecule has 0 spiro atoms. The third-order valence-electron chi connectivity index (χ3n) is 0.776. The molecule has 0 aliphatic carbocycles. The molecule has 0 rings (SSSR count). The van der Waals surface area contributed by atoms with Gasteiger partial charge in [0.15, 0.2) is 0 Å². The maximum atomic E-state index is 5.10.